The zero-order valence-corrected chi connectivity index (χ0v) is 39.6. The number of rotatable bonds is 4. The first kappa shape index (κ1) is 47.5. The van der Waals surface area contributed by atoms with Crippen LogP contribution in [-0.2, 0) is 20.1 Å². The fourth-order valence-electron chi connectivity index (χ4n) is 6.34. The van der Waals surface area contributed by atoms with Crippen LogP contribution in [0.2, 0.25) is 0 Å². The van der Waals surface area contributed by atoms with Crippen LogP contribution in [0, 0.1) is 101 Å². The molecule has 0 N–H and O–H groups in total. The van der Waals surface area contributed by atoms with Crippen molar-refractivity contribution < 1.29 is 20.1 Å². The standard InChI is InChI=1S/C13H14N2.3C13H13N2.Ir/c4*1-9-6-7-14-13(8-9)12-5-4-10(2)15-11(12)3;/h4-8H,1-3H3;3*4,6-8H,1-3H3;/q;3*-1;+3. The Bertz CT molecular complexity index is 2340. The van der Waals surface area contributed by atoms with Crippen LogP contribution in [0.4, 0.5) is 0 Å². The van der Waals surface area contributed by atoms with Crippen molar-refractivity contribution in [3.63, 3.8) is 0 Å². The molecule has 310 valence electrons. The Morgan fingerprint density at radius 3 is 0.918 bits per heavy atom. The molecular formula is C52H53IrN8. The van der Waals surface area contributed by atoms with E-state index in [1.54, 1.807) is 0 Å². The summed E-state index contributed by atoms with van der Waals surface area (Å²) < 4.78 is 0. The fourth-order valence-corrected chi connectivity index (χ4v) is 6.34. The van der Waals surface area contributed by atoms with E-state index in [2.05, 4.69) is 116 Å². The number of aromatic nitrogens is 8. The maximum Gasteiger partial charge on any atom is 3.00 e. The second-order valence-electron chi connectivity index (χ2n) is 15.0. The van der Waals surface area contributed by atoms with Gasteiger partial charge in [-0.05, 0) is 141 Å². The number of pyridine rings is 8. The minimum atomic E-state index is 0. The van der Waals surface area contributed by atoms with Crippen LogP contribution in [0.25, 0.3) is 45.0 Å². The van der Waals surface area contributed by atoms with Gasteiger partial charge in [-0.15, -0.1) is 53.1 Å². The van der Waals surface area contributed by atoms with Gasteiger partial charge in [-0.25, -0.2) is 0 Å². The van der Waals surface area contributed by atoms with Gasteiger partial charge in [0.1, 0.15) is 0 Å². The van der Waals surface area contributed by atoms with Crippen LogP contribution >= 0.6 is 0 Å². The first-order valence-electron chi connectivity index (χ1n) is 19.9. The summed E-state index contributed by atoms with van der Waals surface area (Å²) in [5.74, 6) is 0. The molecule has 8 rings (SSSR count). The van der Waals surface area contributed by atoms with E-state index in [4.69, 9.17) is 0 Å². The van der Waals surface area contributed by atoms with Gasteiger partial charge in [0.05, 0.1) is 5.69 Å². The van der Waals surface area contributed by atoms with Crippen LogP contribution in [0.1, 0.15) is 67.8 Å². The third-order valence-corrected chi connectivity index (χ3v) is 9.32. The first-order chi connectivity index (χ1) is 28.7. The molecular weight excluding hydrogens is 929 g/mol. The molecule has 0 aromatic carbocycles. The van der Waals surface area contributed by atoms with Crippen molar-refractivity contribution in [1.82, 2.24) is 39.9 Å². The zero-order chi connectivity index (χ0) is 43.3. The van der Waals surface area contributed by atoms with E-state index < -0.39 is 0 Å². The van der Waals surface area contributed by atoms with Crippen molar-refractivity contribution in [3.05, 3.63) is 190 Å². The van der Waals surface area contributed by atoms with Gasteiger partial charge in [0, 0.05) is 41.7 Å². The van der Waals surface area contributed by atoms with Gasteiger partial charge < -0.3 is 29.9 Å². The first-order valence-corrected chi connectivity index (χ1v) is 19.9. The van der Waals surface area contributed by atoms with Crippen LogP contribution in [0.3, 0.4) is 0 Å². The molecule has 0 amide bonds. The molecule has 0 saturated carbocycles. The summed E-state index contributed by atoms with van der Waals surface area (Å²) in [7, 11) is 0. The maximum absolute atomic E-state index is 4.44. The predicted octanol–water partition coefficient (Wildman–Crippen LogP) is 11.7. The zero-order valence-electron chi connectivity index (χ0n) is 37.2. The Kier molecular flexibility index (Phi) is 17.5. The van der Waals surface area contributed by atoms with Crippen LogP contribution in [0.5, 0.6) is 0 Å². The van der Waals surface area contributed by atoms with E-state index >= 15 is 0 Å². The van der Waals surface area contributed by atoms with Gasteiger partial charge in [0.25, 0.3) is 0 Å². The van der Waals surface area contributed by atoms with E-state index in [1.165, 1.54) is 22.3 Å². The molecule has 0 saturated heterocycles. The van der Waals surface area contributed by atoms with Crippen molar-refractivity contribution in [2.24, 2.45) is 0 Å². The smallest absolute Gasteiger partial charge is 0.354 e. The van der Waals surface area contributed by atoms with Crippen LogP contribution in [0.15, 0.2) is 104 Å². The average Bonchev–Trinajstić information content (AvgIpc) is 3.19. The number of nitrogens with zero attached hydrogens (tertiary/aromatic N) is 8. The van der Waals surface area contributed by atoms with Gasteiger partial charge in [-0.2, -0.15) is 0 Å². The van der Waals surface area contributed by atoms with E-state index in [0.29, 0.717) is 0 Å². The van der Waals surface area contributed by atoms with Gasteiger partial charge in [0.2, 0.25) is 0 Å². The van der Waals surface area contributed by atoms with Gasteiger partial charge >= 0.3 is 20.1 Å². The van der Waals surface area contributed by atoms with E-state index in [0.717, 1.165) is 90.6 Å². The second kappa shape index (κ2) is 22.5. The molecule has 0 unspecified atom stereocenters. The summed E-state index contributed by atoms with van der Waals surface area (Å²) in [5.41, 5.74) is 20.7. The summed E-state index contributed by atoms with van der Waals surface area (Å²) in [5, 5.41) is 0. The third kappa shape index (κ3) is 14.0. The number of hydrogen-bond donors (Lipinski definition) is 0. The molecule has 0 fully saturated rings. The molecule has 0 spiro atoms. The summed E-state index contributed by atoms with van der Waals surface area (Å²) in [6.07, 6.45) is 7.29. The molecule has 8 aromatic rings. The van der Waals surface area contributed by atoms with Crippen molar-refractivity contribution in [1.29, 1.82) is 0 Å². The molecule has 0 radical (unpaired) electrons. The fraction of sp³-hybridized carbons (Fsp3) is 0.231. The molecule has 0 aliphatic heterocycles. The molecule has 0 aliphatic carbocycles. The van der Waals surface area contributed by atoms with Gasteiger partial charge in [-0.1, -0.05) is 76.4 Å². The Balaban J connectivity index is 0.000000178. The molecule has 8 nitrogen and oxygen atoms in total. The molecule has 0 bridgehead atoms. The number of hydrogen-bond acceptors (Lipinski definition) is 8. The monoisotopic (exact) mass is 982 g/mol. The quantitative estimate of drug-likeness (QED) is 0.161. The van der Waals surface area contributed by atoms with Crippen LogP contribution < -0.4 is 0 Å². The Hall–Kier alpha value is -6.15. The van der Waals surface area contributed by atoms with Crippen molar-refractivity contribution in [3.8, 4) is 45.0 Å². The van der Waals surface area contributed by atoms with Crippen molar-refractivity contribution in [2.75, 3.05) is 0 Å². The maximum atomic E-state index is 4.44. The molecule has 8 heterocycles. The average molecular weight is 982 g/mol. The summed E-state index contributed by atoms with van der Waals surface area (Å²) in [6.45, 7) is 24.1. The molecule has 61 heavy (non-hydrogen) atoms. The predicted molar refractivity (Wildman–Crippen MR) is 243 cm³/mol. The second-order valence-corrected chi connectivity index (χ2v) is 15.0. The molecule has 0 atom stereocenters. The largest absolute Gasteiger partial charge is 3.00 e. The topological polar surface area (TPSA) is 103 Å². The summed E-state index contributed by atoms with van der Waals surface area (Å²) >= 11 is 0. The Morgan fingerprint density at radius 1 is 0.328 bits per heavy atom. The van der Waals surface area contributed by atoms with Gasteiger partial charge in [0.15, 0.2) is 0 Å². The normalized spacial score (nSPS) is 10.2. The minimum absolute atomic E-state index is 0. The minimum Gasteiger partial charge on any atom is -0.354 e. The Labute approximate surface area is 375 Å². The third-order valence-electron chi connectivity index (χ3n) is 9.32. The van der Waals surface area contributed by atoms with E-state index in [-0.39, 0.29) is 20.1 Å². The Morgan fingerprint density at radius 2 is 0.623 bits per heavy atom. The van der Waals surface area contributed by atoms with E-state index in [1.807, 2.05) is 129 Å². The summed E-state index contributed by atoms with van der Waals surface area (Å²) in [6, 6.07) is 35.7. The number of aryl methyl sites for hydroxylation is 12. The SMILES string of the molecule is Cc1ccnc(-c2[c-]cc(C)nc2C)c1.Cc1ccnc(-c2[c-]cc(C)nc2C)c1.Cc1ccnc(-c2[c-]cc(C)nc2C)c1.Cc1ccnc(-c2ccc(C)nc2C)c1.[Ir+3]. The molecule has 8 aromatic heterocycles. The van der Waals surface area contributed by atoms with Crippen molar-refractivity contribution in [2.45, 2.75) is 83.1 Å². The van der Waals surface area contributed by atoms with Crippen molar-refractivity contribution >= 4 is 0 Å². The molecule has 0 aliphatic rings. The van der Waals surface area contributed by atoms with Gasteiger partial charge in [-0.3, -0.25) is 9.97 Å². The summed E-state index contributed by atoms with van der Waals surface area (Å²) in [4.78, 5) is 35.0. The molecule has 9 heteroatoms. The van der Waals surface area contributed by atoms with Crippen LogP contribution in [-0.4, -0.2) is 39.9 Å². The van der Waals surface area contributed by atoms with E-state index in [9.17, 15) is 0 Å².